The first-order chi connectivity index (χ1) is 48.9. The summed E-state index contributed by atoms with van der Waals surface area (Å²) in [6, 6.07) is -1.81. The quantitative estimate of drug-likeness (QED) is 0.0325. The Balaban J connectivity index is 1.87. The predicted molar refractivity (Wildman–Crippen MR) is 383 cm³/mol. The molecular weight excluding hydrogens is 1310 g/mol. The number of methoxy groups -OCH3 is 12. The summed E-state index contributed by atoms with van der Waals surface area (Å²) in [6.45, 7) is 8.74. The number of rotatable bonds is 59. The molecule has 0 aromatic rings. The van der Waals surface area contributed by atoms with E-state index in [4.69, 9.17) is 90.0 Å². The van der Waals surface area contributed by atoms with E-state index in [0.717, 1.165) is 44.4 Å². The van der Waals surface area contributed by atoms with Crippen molar-refractivity contribution in [3.05, 3.63) is 12.2 Å². The second kappa shape index (κ2) is 54.5. The van der Waals surface area contributed by atoms with Crippen molar-refractivity contribution in [2.24, 2.45) is 5.92 Å². The van der Waals surface area contributed by atoms with E-state index in [0.29, 0.717) is 6.42 Å². The van der Waals surface area contributed by atoms with Gasteiger partial charge in [0.05, 0.1) is 57.3 Å². The molecule has 1 unspecified atom stereocenters. The van der Waals surface area contributed by atoms with Gasteiger partial charge in [0.25, 0.3) is 5.79 Å². The first-order valence-corrected chi connectivity index (χ1v) is 38.1. The van der Waals surface area contributed by atoms with Crippen molar-refractivity contribution in [2.75, 3.05) is 112 Å². The number of carbonyl (C=O) groups excluding carboxylic acids is 4. The summed E-state index contributed by atoms with van der Waals surface area (Å²) >= 11 is 0. The second-order valence-corrected chi connectivity index (χ2v) is 27.6. The number of hydrogen-bond donors (Lipinski definition) is 2. The van der Waals surface area contributed by atoms with Gasteiger partial charge >= 0.3 is 11.9 Å². The van der Waals surface area contributed by atoms with Crippen molar-refractivity contribution in [3.63, 3.8) is 0 Å². The van der Waals surface area contributed by atoms with Gasteiger partial charge in [-0.05, 0) is 32.1 Å². The highest BCUT2D eigenvalue weighted by atomic mass is 16.8. The maximum atomic E-state index is 14.5. The molecule has 101 heavy (non-hydrogen) atoms. The van der Waals surface area contributed by atoms with Crippen molar-refractivity contribution < 1.29 is 109 Å². The Morgan fingerprint density at radius 2 is 1.11 bits per heavy atom. The van der Waals surface area contributed by atoms with Gasteiger partial charge in [-0.25, -0.2) is 4.79 Å². The molecular formula is C76H140N2O23. The van der Waals surface area contributed by atoms with Crippen LogP contribution in [0.2, 0.25) is 0 Å². The summed E-state index contributed by atoms with van der Waals surface area (Å²) in [5, 5.41) is 6.21. The van der Waals surface area contributed by atoms with E-state index < -0.39 is 147 Å². The normalized spacial score (nSPS) is 27.4. The molecule has 0 aromatic carbocycles. The Bertz CT molecular complexity index is 2170. The standard InChI is InChI=1S/C76H140N2O23/c1-18-20-21-22-23-24-25-26-27-28-29-30-31-32-33-38-41-44-47-58(85-8)72(81)77-56(57(84-7)46-43-40-37-35-34-36-39-42-45-53(3)19-2)49-95-74-71(93-16)69(91-14)66(89-12)61(100-74)51-97-76(75(82)94-17)48-59(86-9)63(67(101-76)65(88-11)60(87-10)50-83-6)78-62(80)52-96-73-70(92-15)68(90-13)64(54(4)98-73)99-55(5)79/h43,46,53-54,56-61,63-71,73-74H,18-42,44-45,47-52H2,1-17H3,(H,77,81)(H,78,80)/b46-43+/t53?,54-,56-,57+,58+,59-,60-,61+,63+,64+,65-,66+,67+,68+,69-,70-,71+,73+,74+,76+/m0/s1. The molecule has 25 heteroatoms. The lowest BCUT2D eigenvalue weighted by Gasteiger charge is -2.50. The van der Waals surface area contributed by atoms with Crippen LogP contribution < -0.4 is 10.6 Å². The maximum Gasteiger partial charge on any atom is 0.366 e. The van der Waals surface area contributed by atoms with Gasteiger partial charge < -0.3 is 101 Å². The van der Waals surface area contributed by atoms with Crippen LogP contribution in [0.3, 0.4) is 0 Å². The van der Waals surface area contributed by atoms with Crippen LogP contribution in [0.15, 0.2) is 12.2 Å². The van der Waals surface area contributed by atoms with Gasteiger partial charge in [0.1, 0.15) is 67.6 Å². The second-order valence-electron chi connectivity index (χ2n) is 27.6. The highest BCUT2D eigenvalue weighted by Crippen LogP contribution is 2.39. The third-order valence-corrected chi connectivity index (χ3v) is 20.3. The predicted octanol–water partition coefficient (Wildman–Crippen LogP) is 11.0. The Morgan fingerprint density at radius 3 is 1.59 bits per heavy atom. The SMILES string of the molecule is CCCCCCCCCCCCCCCCCCCC[C@@H](OC)C(=O)N[C@@H](CO[C@@H]1O[C@H](CO[C@]2(C(=O)OC)C[C@H](OC)[C@@H](NC(=O)CO[C@@H]3O[C@@H](C)[C@@H](OC(C)=O)[C@@H](OC)[C@@H]3OC)[C@H]([C@@H](OC)[C@H](COC)OC)O2)[C@@H](OC)[C@H](OC)[C@H]1OC)[C@@H](/C=C/CCCCCCCCC(C)CC)OC. The lowest BCUT2D eigenvalue weighted by molar-refractivity contribution is -0.345. The minimum absolute atomic E-state index is 0.00363. The zero-order chi connectivity index (χ0) is 74.4. The van der Waals surface area contributed by atoms with Crippen molar-refractivity contribution in [2.45, 2.75) is 337 Å². The molecule has 0 aromatic heterocycles. The number of unbranched alkanes of at least 4 members (excludes halogenated alkanes) is 23. The fourth-order valence-corrected chi connectivity index (χ4v) is 14.1. The van der Waals surface area contributed by atoms with Crippen LogP contribution in [0.1, 0.15) is 221 Å². The molecule has 2 N–H and O–H groups in total. The minimum Gasteiger partial charge on any atom is -0.465 e. The van der Waals surface area contributed by atoms with E-state index >= 15 is 0 Å². The van der Waals surface area contributed by atoms with Crippen LogP contribution in [0, 0.1) is 5.92 Å². The molecule has 25 nitrogen and oxygen atoms in total. The number of hydrogen-bond acceptors (Lipinski definition) is 23. The van der Waals surface area contributed by atoms with Gasteiger partial charge in [0.2, 0.25) is 11.8 Å². The Hall–Kier alpha value is -3.06. The van der Waals surface area contributed by atoms with Crippen LogP contribution in [0.4, 0.5) is 0 Å². The molecule has 3 aliphatic heterocycles. The van der Waals surface area contributed by atoms with E-state index in [2.05, 4.69) is 37.5 Å². The lowest BCUT2D eigenvalue weighted by atomic mass is 9.88. The van der Waals surface area contributed by atoms with E-state index in [-0.39, 0.29) is 25.5 Å². The number of ether oxygens (including phenoxy) is 19. The molecule has 3 fully saturated rings. The van der Waals surface area contributed by atoms with E-state index in [1.807, 2.05) is 6.08 Å². The van der Waals surface area contributed by atoms with Crippen LogP contribution >= 0.6 is 0 Å². The number of carbonyl (C=O) groups is 4. The van der Waals surface area contributed by atoms with E-state index in [1.54, 1.807) is 21.1 Å². The topological polar surface area (TPSA) is 268 Å². The summed E-state index contributed by atoms with van der Waals surface area (Å²) in [4.78, 5) is 55.2. The Kier molecular flexibility index (Phi) is 49.7. The Morgan fingerprint density at radius 1 is 0.574 bits per heavy atom. The summed E-state index contributed by atoms with van der Waals surface area (Å²) in [6.07, 6.45) is 22.8. The number of amides is 2. The average Bonchev–Trinajstić information content (AvgIpc) is 0.760. The zero-order valence-electron chi connectivity index (χ0n) is 65.3. The molecule has 0 aliphatic carbocycles. The fraction of sp³-hybridized carbons (Fsp3) is 0.921. The van der Waals surface area contributed by atoms with Crippen molar-refractivity contribution in [3.8, 4) is 0 Å². The van der Waals surface area contributed by atoms with Crippen LogP contribution in [-0.4, -0.2) is 251 Å². The fourth-order valence-electron chi connectivity index (χ4n) is 14.1. The molecule has 0 radical (unpaired) electrons. The molecule has 20 atom stereocenters. The van der Waals surface area contributed by atoms with Crippen LogP contribution in [0.25, 0.3) is 0 Å². The number of esters is 2. The average molecular weight is 1450 g/mol. The first kappa shape index (κ1) is 92.1. The molecule has 0 saturated carbocycles. The summed E-state index contributed by atoms with van der Waals surface area (Å²) in [5.41, 5.74) is 0. The molecule has 592 valence electrons. The summed E-state index contributed by atoms with van der Waals surface area (Å²) in [5.74, 6) is -3.92. The van der Waals surface area contributed by atoms with Gasteiger partial charge in [-0.2, -0.15) is 0 Å². The molecule has 3 rings (SSSR count). The molecule has 2 amide bonds. The molecule has 3 aliphatic rings. The van der Waals surface area contributed by atoms with E-state index in [9.17, 15) is 19.2 Å². The van der Waals surface area contributed by atoms with Gasteiger partial charge in [-0.1, -0.05) is 193 Å². The van der Waals surface area contributed by atoms with Crippen molar-refractivity contribution >= 4 is 23.8 Å². The molecule has 3 saturated heterocycles. The smallest absolute Gasteiger partial charge is 0.366 e. The van der Waals surface area contributed by atoms with Gasteiger partial charge in [-0.3, -0.25) is 14.4 Å². The van der Waals surface area contributed by atoms with Gasteiger partial charge in [-0.15, -0.1) is 0 Å². The third-order valence-electron chi connectivity index (χ3n) is 20.3. The summed E-state index contributed by atoms with van der Waals surface area (Å²) in [7, 11) is 17.5. The van der Waals surface area contributed by atoms with Crippen molar-refractivity contribution in [1.29, 1.82) is 0 Å². The summed E-state index contributed by atoms with van der Waals surface area (Å²) < 4.78 is 116. The van der Waals surface area contributed by atoms with Crippen molar-refractivity contribution in [1.82, 2.24) is 10.6 Å². The van der Waals surface area contributed by atoms with Gasteiger partial charge in [0.15, 0.2) is 18.7 Å². The zero-order valence-corrected chi connectivity index (χ0v) is 65.3. The molecule has 0 bridgehead atoms. The van der Waals surface area contributed by atoms with Crippen LogP contribution in [-0.2, 0) is 109 Å². The largest absolute Gasteiger partial charge is 0.465 e. The monoisotopic (exact) mass is 1450 g/mol. The number of allylic oxidation sites excluding steroid dienone is 1. The highest BCUT2D eigenvalue weighted by Gasteiger charge is 2.59. The van der Waals surface area contributed by atoms with E-state index in [1.165, 1.54) is 213 Å². The number of nitrogens with one attached hydrogen (secondary N) is 2. The lowest BCUT2D eigenvalue weighted by Crippen LogP contribution is -2.69. The maximum absolute atomic E-state index is 14.5. The highest BCUT2D eigenvalue weighted by molar-refractivity contribution is 5.81. The molecule has 3 heterocycles. The Labute approximate surface area is 607 Å². The molecule has 0 spiro atoms. The minimum atomic E-state index is -2.27. The van der Waals surface area contributed by atoms with Crippen LogP contribution in [0.5, 0.6) is 0 Å². The van der Waals surface area contributed by atoms with Gasteiger partial charge in [0, 0.05) is 91.6 Å². The first-order valence-electron chi connectivity index (χ1n) is 38.1. The third kappa shape index (κ3) is 32.1.